The number of hydrogen-bond acceptors (Lipinski definition) is 3. The summed E-state index contributed by atoms with van der Waals surface area (Å²) in [5, 5.41) is 19.5. The first-order chi connectivity index (χ1) is 11.2. The lowest BCUT2D eigenvalue weighted by Crippen LogP contribution is -2.50. The van der Waals surface area contributed by atoms with Crippen molar-refractivity contribution in [3.05, 3.63) is 48.3 Å². The molecule has 1 aliphatic rings. The van der Waals surface area contributed by atoms with Gasteiger partial charge in [-0.25, -0.2) is 4.79 Å². The lowest BCUT2D eigenvalue weighted by Gasteiger charge is -2.28. The van der Waals surface area contributed by atoms with Crippen LogP contribution in [-0.4, -0.2) is 33.1 Å². The Bertz CT molecular complexity index is 631. The number of nitrogens with zero attached hydrogens (tertiary/aromatic N) is 2. The summed E-state index contributed by atoms with van der Waals surface area (Å²) in [6.45, 7) is 0.691. The number of carbonyl (C=O) groups is 1. The topological polar surface area (TPSA) is 79.2 Å². The van der Waals surface area contributed by atoms with Crippen LogP contribution >= 0.6 is 0 Å². The van der Waals surface area contributed by atoms with E-state index in [1.165, 1.54) is 0 Å². The van der Waals surface area contributed by atoms with E-state index in [-0.39, 0.29) is 12.6 Å². The summed E-state index contributed by atoms with van der Waals surface area (Å²) >= 11 is 0. The maximum atomic E-state index is 12.1. The Morgan fingerprint density at radius 3 is 2.61 bits per heavy atom. The smallest absolute Gasteiger partial charge is 0.319 e. The molecule has 122 valence electrons. The Morgan fingerprint density at radius 2 is 2.00 bits per heavy atom. The minimum atomic E-state index is -0.454. The molecular weight excluding hydrogens is 292 g/mol. The number of anilines is 1. The SMILES string of the molecule is O=C(Nc1ccc(Cn2cccn2)cc1)NC1(CO)CCCC1. The standard InChI is InChI=1S/C17H22N4O2/c22-13-17(8-1-2-9-17)20-16(23)19-15-6-4-14(5-7-15)12-21-11-3-10-18-21/h3-7,10-11,22H,1-2,8-9,12-13H2,(H2,19,20,23). The fraction of sp³-hybridized carbons (Fsp3) is 0.412. The highest BCUT2D eigenvalue weighted by Gasteiger charge is 2.34. The van der Waals surface area contributed by atoms with Gasteiger partial charge in [-0.2, -0.15) is 5.10 Å². The second kappa shape index (κ2) is 6.83. The molecule has 0 unspecified atom stereocenters. The van der Waals surface area contributed by atoms with Crippen molar-refractivity contribution in [2.24, 2.45) is 0 Å². The normalized spacial score (nSPS) is 16.2. The molecule has 1 aromatic heterocycles. The highest BCUT2D eigenvalue weighted by Crippen LogP contribution is 2.29. The second-order valence-corrected chi connectivity index (χ2v) is 6.13. The van der Waals surface area contributed by atoms with Crippen LogP contribution < -0.4 is 10.6 Å². The first-order valence-electron chi connectivity index (χ1n) is 7.96. The summed E-state index contributed by atoms with van der Waals surface area (Å²) in [6.07, 6.45) is 7.42. The molecule has 0 bridgehead atoms. The number of benzene rings is 1. The zero-order valence-corrected chi connectivity index (χ0v) is 13.0. The van der Waals surface area contributed by atoms with Gasteiger partial charge in [0.25, 0.3) is 0 Å². The number of hydrogen-bond donors (Lipinski definition) is 3. The maximum absolute atomic E-state index is 12.1. The average molecular weight is 314 g/mol. The molecule has 2 aromatic rings. The molecule has 0 saturated heterocycles. The monoisotopic (exact) mass is 314 g/mol. The molecule has 0 aliphatic heterocycles. The van der Waals surface area contributed by atoms with Crippen molar-refractivity contribution in [2.75, 3.05) is 11.9 Å². The van der Waals surface area contributed by atoms with Crippen molar-refractivity contribution in [1.29, 1.82) is 0 Å². The number of aliphatic hydroxyl groups excluding tert-OH is 1. The van der Waals surface area contributed by atoms with Crippen LogP contribution in [0.15, 0.2) is 42.7 Å². The molecule has 0 radical (unpaired) electrons. The van der Waals surface area contributed by atoms with Gasteiger partial charge in [0.15, 0.2) is 0 Å². The zero-order chi connectivity index (χ0) is 16.1. The van der Waals surface area contributed by atoms with Gasteiger partial charge in [0.1, 0.15) is 0 Å². The van der Waals surface area contributed by atoms with E-state index >= 15 is 0 Å². The molecule has 3 N–H and O–H groups in total. The second-order valence-electron chi connectivity index (χ2n) is 6.13. The van der Waals surface area contributed by atoms with E-state index < -0.39 is 5.54 Å². The van der Waals surface area contributed by atoms with Gasteiger partial charge in [0.2, 0.25) is 0 Å². The van der Waals surface area contributed by atoms with Crippen molar-refractivity contribution in [2.45, 2.75) is 37.8 Å². The number of carbonyl (C=O) groups excluding carboxylic acids is 1. The molecule has 1 heterocycles. The van der Waals surface area contributed by atoms with Crippen LogP contribution in [0.25, 0.3) is 0 Å². The minimum Gasteiger partial charge on any atom is -0.394 e. The molecule has 2 amide bonds. The molecule has 23 heavy (non-hydrogen) atoms. The number of aromatic nitrogens is 2. The van der Waals surface area contributed by atoms with E-state index in [2.05, 4.69) is 15.7 Å². The summed E-state index contributed by atoms with van der Waals surface area (Å²) in [6, 6.07) is 9.31. The largest absolute Gasteiger partial charge is 0.394 e. The van der Waals surface area contributed by atoms with Gasteiger partial charge in [0, 0.05) is 18.1 Å². The first-order valence-corrected chi connectivity index (χ1v) is 7.96. The maximum Gasteiger partial charge on any atom is 0.319 e. The number of aliphatic hydroxyl groups is 1. The van der Waals surface area contributed by atoms with Crippen LogP contribution in [0.3, 0.4) is 0 Å². The fourth-order valence-electron chi connectivity index (χ4n) is 3.05. The molecule has 0 spiro atoms. The van der Waals surface area contributed by atoms with Gasteiger partial charge in [0.05, 0.1) is 18.7 Å². The summed E-state index contributed by atoms with van der Waals surface area (Å²) in [5.74, 6) is 0. The van der Waals surface area contributed by atoms with E-state index in [1.807, 2.05) is 41.2 Å². The molecule has 1 fully saturated rings. The highest BCUT2D eigenvalue weighted by molar-refractivity contribution is 5.89. The lowest BCUT2D eigenvalue weighted by molar-refractivity contribution is 0.167. The summed E-state index contributed by atoms with van der Waals surface area (Å²) < 4.78 is 1.85. The average Bonchev–Trinajstić information content (AvgIpc) is 3.21. The van der Waals surface area contributed by atoms with Crippen molar-refractivity contribution in [1.82, 2.24) is 15.1 Å². The van der Waals surface area contributed by atoms with Gasteiger partial charge >= 0.3 is 6.03 Å². The molecular formula is C17H22N4O2. The van der Waals surface area contributed by atoms with Crippen molar-refractivity contribution < 1.29 is 9.90 Å². The molecule has 1 saturated carbocycles. The van der Waals surface area contributed by atoms with Gasteiger partial charge in [-0.05, 0) is 36.6 Å². The number of nitrogens with one attached hydrogen (secondary N) is 2. The molecule has 1 aromatic carbocycles. The van der Waals surface area contributed by atoms with E-state index in [9.17, 15) is 9.90 Å². The number of urea groups is 1. The summed E-state index contributed by atoms with van der Waals surface area (Å²) in [7, 11) is 0. The Balaban J connectivity index is 1.56. The summed E-state index contributed by atoms with van der Waals surface area (Å²) in [4.78, 5) is 12.1. The number of rotatable bonds is 5. The third kappa shape index (κ3) is 3.90. The van der Waals surface area contributed by atoms with Crippen molar-refractivity contribution in [3.8, 4) is 0 Å². The quantitative estimate of drug-likeness (QED) is 0.792. The molecule has 6 heteroatoms. The van der Waals surface area contributed by atoms with E-state index in [4.69, 9.17) is 0 Å². The van der Waals surface area contributed by atoms with Gasteiger partial charge in [-0.3, -0.25) is 4.68 Å². The molecule has 1 aliphatic carbocycles. The number of amides is 2. The van der Waals surface area contributed by atoms with Gasteiger partial charge < -0.3 is 15.7 Å². The lowest BCUT2D eigenvalue weighted by atomic mass is 9.99. The Labute approximate surface area is 135 Å². The molecule has 3 rings (SSSR count). The zero-order valence-electron chi connectivity index (χ0n) is 13.0. The third-order valence-corrected chi connectivity index (χ3v) is 4.36. The van der Waals surface area contributed by atoms with Crippen molar-refractivity contribution in [3.63, 3.8) is 0 Å². The van der Waals surface area contributed by atoms with E-state index in [1.54, 1.807) is 6.20 Å². The fourth-order valence-corrected chi connectivity index (χ4v) is 3.05. The predicted octanol–water partition coefficient (Wildman–Crippen LogP) is 2.36. The van der Waals surface area contributed by atoms with E-state index in [0.29, 0.717) is 6.54 Å². The third-order valence-electron chi connectivity index (χ3n) is 4.36. The van der Waals surface area contributed by atoms with Crippen LogP contribution in [0.4, 0.5) is 10.5 Å². The first kappa shape index (κ1) is 15.6. The van der Waals surface area contributed by atoms with E-state index in [0.717, 1.165) is 36.9 Å². The van der Waals surface area contributed by atoms with Gasteiger partial charge in [-0.15, -0.1) is 0 Å². The van der Waals surface area contributed by atoms with Crippen LogP contribution in [0, 0.1) is 0 Å². The van der Waals surface area contributed by atoms with Crippen LogP contribution in [-0.2, 0) is 6.54 Å². The molecule has 0 atom stereocenters. The van der Waals surface area contributed by atoms with Crippen LogP contribution in [0.5, 0.6) is 0 Å². The van der Waals surface area contributed by atoms with Crippen LogP contribution in [0.2, 0.25) is 0 Å². The summed E-state index contributed by atoms with van der Waals surface area (Å²) in [5.41, 5.74) is 1.39. The minimum absolute atomic E-state index is 0.0107. The predicted molar refractivity (Wildman–Crippen MR) is 88.2 cm³/mol. The Hall–Kier alpha value is -2.34. The highest BCUT2D eigenvalue weighted by atomic mass is 16.3. The Morgan fingerprint density at radius 1 is 1.26 bits per heavy atom. The van der Waals surface area contributed by atoms with Crippen LogP contribution in [0.1, 0.15) is 31.2 Å². The Kier molecular flexibility index (Phi) is 4.62. The molecule has 6 nitrogen and oxygen atoms in total. The van der Waals surface area contributed by atoms with Gasteiger partial charge in [-0.1, -0.05) is 25.0 Å². The van der Waals surface area contributed by atoms with Crippen molar-refractivity contribution >= 4 is 11.7 Å².